The Bertz CT molecular complexity index is 641. The molecule has 0 aliphatic carbocycles. The minimum Gasteiger partial charge on any atom is -0.477 e. The minimum absolute atomic E-state index is 0.0841. The molecule has 0 saturated heterocycles. The van der Waals surface area contributed by atoms with Gasteiger partial charge < -0.3 is 20.5 Å². The third kappa shape index (κ3) is 2.97. The highest BCUT2D eigenvalue weighted by molar-refractivity contribution is 5.86. The summed E-state index contributed by atoms with van der Waals surface area (Å²) in [5.74, 6) is -0.504. The lowest BCUT2D eigenvalue weighted by Gasteiger charge is -2.14. The summed E-state index contributed by atoms with van der Waals surface area (Å²) in [6.45, 7) is 0. The predicted molar refractivity (Wildman–Crippen MR) is 76.5 cm³/mol. The van der Waals surface area contributed by atoms with E-state index >= 15 is 0 Å². The van der Waals surface area contributed by atoms with Crippen LogP contribution in [0, 0.1) is 0 Å². The number of ether oxygens (including phenoxy) is 1. The summed E-state index contributed by atoms with van der Waals surface area (Å²) < 4.78 is 5.56. The maximum atomic E-state index is 10.9. The summed E-state index contributed by atoms with van der Waals surface area (Å²) in [5.41, 5.74) is 6.87. The third-order valence-corrected chi connectivity index (χ3v) is 2.66. The molecule has 0 bridgehead atoms. The van der Waals surface area contributed by atoms with Crippen molar-refractivity contribution in [2.24, 2.45) is 0 Å². The van der Waals surface area contributed by atoms with Gasteiger partial charge in [-0.3, -0.25) is 0 Å². The quantitative estimate of drug-likeness (QED) is 0.888. The van der Waals surface area contributed by atoms with Crippen molar-refractivity contribution in [3.63, 3.8) is 0 Å². The first-order valence-corrected chi connectivity index (χ1v) is 5.92. The van der Waals surface area contributed by atoms with Gasteiger partial charge in [-0.2, -0.15) is 0 Å². The number of anilines is 2. The summed E-state index contributed by atoms with van der Waals surface area (Å²) in [6, 6.07) is 10.1. The lowest BCUT2D eigenvalue weighted by Crippen LogP contribution is -2.08. The van der Waals surface area contributed by atoms with Crippen molar-refractivity contribution >= 4 is 17.3 Å². The first kappa shape index (κ1) is 13.7. The number of carboxylic acids is 1. The van der Waals surface area contributed by atoms with Gasteiger partial charge in [0.15, 0.2) is 5.69 Å². The van der Waals surface area contributed by atoms with E-state index in [1.807, 2.05) is 37.2 Å². The van der Waals surface area contributed by atoms with Crippen LogP contribution in [-0.2, 0) is 0 Å². The Balaban J connectivity index is 2.32. The molecule has 0 amide bonds. The summed E-state index contributed by atoms with van der Waals surface area (Å²) in [6.07, 6.45) is 0. The second-order valence-corrected chi connectivity index (χ2v) is 4.39. The van der Waals surface area contributed by atoms with E-state index in [0.717, 1.165) is 5.69 Å². The number of nitrogens with zero attached hydrogens (tertiary/aromatic N) is 2. The molecule has 6 heteroatoms. The van der Waals surface area contributed by atoms with Crippen LogP contribution in [0.5, 0.6) is 11.6 Å². The molecule has 104 valence electrons. The van der Waals surface area contributed by atoms with Gasteiger partial charge in [0, 0.05) is 25.8 Å². The molecule has 0 aliphatic heterocycles. The Kier molecular flexibility index (Phi) is 3.74. The first-order chi connectivity index (χ1) is 9.47. The molecule has 0 fully saturated rings. The Hall–Kier alpha value is -2.76. The van der Waals surface area contributed by atoms with Gasteiger partial charge in [0.2, 0.25) is 5.88 Å². The number of carboxylic acid groups (broad SMARTS) is 1. The second kappa shape index (κ2) is 5.48. The number of hydrogen-bond acceptors (Lipinski definition) is 5. The molecule has 1 aromatic heterocycles. The molecule has 2 aromatic rings. The van der Waals surface area contributed by atoms with Gasteiger partial charge in [0.25, 0.3) is 0 Å². The first-order valence-electron chi connectivity index (χ1n) is 5.92. The van der Waals surface area contributed by atoms with Gasteiger partial charge in [0.05, 0.1) is 5.69 Å². The zero-order chi connectivity index (χ0) is 14.7. The number of aromatic carboxylic acids is 1. The van der Waals surface area contributed by atoms with Gasteiger partial charge in [-0.25, -0.2) is 9.78 Å². The van der Waals surface area contributed by atoms with Crippen molar-refractivity contribution in [1.29, 1.82) is 0 Å². The summed E-state index contributed by atoms with van der Waals surface area (Å²) in [4.78, 5) is 16.7. The number of rotatable bonds is 4. The lowest BCUT2D eigenvalue weighted by atomic mass is 10.3. The van der Waals surface area contributed by atoms with Gasteiger partial charge in [-0.15, -0.1) is 0 Å². The fourth-order valence-electron chi connectivity index (χ4n) is 1.59. The molecule has 0 atom stereocenters. The third-order valence-electron chi connectivity index (χ3n) is 2.66. The molecule has 0 radical (unpaired) electrons. The van der Waals surface area contributed by atoms with Crippen molar-refractivity contribution in [3.05, 3.63) is 42.1 Å². The van der Waals surface area contributed by atoms with E-state index in [2.05, 4.69) is 4.98 Å². The molecule has 6 nitrogen and oxygen atoms in total. The van der Waals surface area contributed by atoms with E-state index in [0.29, 0.717) is 5.75 Å². The van der Waals surface area contributed by atoms with Gasteiger partial charge >= 0.3 is 5.97 Å². The summed E-state index contributed by atoms with van der Waals surface area (Å²) >= 11 is 0. The minimum atomic E-state index is -1.13. The number of hydrogen-bond donors (Lipinski definition) is 2. The Morgan fingerprint density at radius 3 is 2.70 bits per heavy atom. The number of carbonyl (C=O) groups is 1. The molecule has 0 aliphatic rings. The molecule has 1 heterocycles. The highest BCUT2D eigenvalue weighted by atomic mass is 16.5. The van der Waals surface area contributed by atoms with Crippen molar-refractivity contribution in [2.75, 3.05) is 24.7 Å². The lowest BCUT2D eigenvalue weighted by molar-refractivity contribution is 0.0689. The molecular weight excluding hydrogens is 258 g/mol. The predicted octanol–water partition coefficient (Wildman–Crippen LogP) is 2.22. The average Bonchev–Trinajstić information content (AvgIpc) is 2.41. The van der Waals surface area contributed by atoms with Gasteiger partial charge in [0.1, 0.15) is 5.75 Å². The monoisotopic (exact) mass is 273 g/mol. The van der Waals surface area contributed by atoms with Crippen LogP contribution >= 0.6 is 0 Å². The molecule has 20 heavy (non-hydrogen) atoms. The molecule has 0 saturated carbocycles. The fourth-order valence-corrected chi connectivity index (χ4v) is 1.59. The molecule has 3 N–H and O–H groups in total. The number of nitrogen functional groups attached to an aromatic ring is 1. The van der Waals surface area contributed by atoms with Crippen LogP contribution in [0.4, 0.5) is 11.4 Å². The van der Waals surface area contributed by atoms with Crippen molar-refractivity contribution in [3.8, 4) is 11.6 Å². The van der Waals surface area contributed by atoms with Crippen LogP contribution in [0.2, 0.25) is 0 Å². The van der Waals surface area contributed by atoms with E-state index in [9.17, 15) is 4.79 Å². The van der Waals surface area contributed by atoms with Crippen LogP contribution in [-0.4, -0.2) is 30.2 Å². The maximum Gasteiger partial charge on any atom is 0.354 e. The van der Waals surface area contributed by atoms with Crippen LogP contribution in [0.3, 0.4) is 0 Å². The number of benzene rings is 1. The van der Waals surface area contributed by atoms with Gasteiger partial charge in [-0.05, 0) is 24.3 Å². The standard InChI is InChI=1S/C14H15N3O3/c1-17(2)9-4-3-5-10(8-9)20-13-11(15)6-7-12(16-13)14(18)19/h3-8H,15H2,1-2H3,(H,18,19). The topological polar surface area (TPSA) is 88.7 Å². The van der Waals surface area contributed by atoms with E-state index in [1.54, 1.807) is 6.07 Å². The highest BCUT2D eigenvalue weighted by Gasteiger charge is 2.11. The van der Waals surface area contributed by atoms with Gasteiger partial charge in [-0.1, -0.05) is 6.07 Å². The van der Waals surface area contributed by atoms with E-state index in [1.165, 1.54) is 12.1 Å². The van der Waals surface area contributed by atoms with Crippen molar-refractivity contribution in [1.82, 2.24) is 4.98 Å². The van der Waals surface area contributed by atoms with E-state index in [4.69, 9.17) is 15.6 Å². The largest absolute Gasteiger partial charge is 0.477 e. The Labute approximate surface area is 116 Å². The summed E-state index contributed by atoms with van der Waals surface area (Å²) in [7, 11) is 3.83. The number of nitrogens with two attached hydrogens (primary N) is 1. The van der Waals surface area contributed by atoms with Crippen LogP contribution < -0.4 is 15.4 Å². The molecule has 2 rings (SSSR count). The molecular formula is C14H15N3O3. The maximum absolute atomic E-state index is 10.9. The second-order valence-electron chi connectivity index (χ2n) is 4.39. The zero-order valence-corrected chi connectivity index (χ0v) is 11.2. The average molecular weight is 273 g/mol. The van der Waals surface area contributed by atoms with Crippen molar-refractivity contribution in [2.45, 2.75) is 0 Å². The van der Waals surface area contributed by atoms with E-state index in [-0.39, 0.29) is 17.3 Å². The normalized spacial score (nSPS) is 10.1. The summed E-state index contributed by atoms with van der Waals surface area (Å²) in [5, 5.41) is 8.92. The Morgan fingerprint density at radius 1 is 1.30 bits per heavy atom. The number of aromatic nitrogens is 1. The van der Waals surface area contributed by atoms with Crippen LogP contribution in [0.15, 0.2) is 36.4 Å². The molecule has 0 spiro atoms. The fraction of sp³-hybridized carbons (Fsp3) is 0.143. The molecule has 1 aromatic carbocycles. The SMILES string of the molecule is CN(C)c1cccc(Oc2nc(C(=O)O)ccc2N)c1. The van der Waals surface area contributed by atoms with Crippen LogP contribution in [0.1, 0.15) is 10.5 Å². The number of pyridine rings is 1. The molecule has 0 unspecified atom stereocenters. The smallest absolute Gasteiger partial charge is 0.354 e. The van der Waals surface area contributed by atoms with E-state index < -0.39 is 5.97 Å². The zero-order valence-electron chi connectivity index (χ0n) is 11.2. The van der Waals surface area contributed by atoms with Crippen LogP contribution in [0.25, 0.3) is 0 Å². The van der Waals surface area contributed by atoms with Crippen molar-refractivity contribution < 1.29 is 14.6 Å². The Morgan fingerprint density at radius 2 is 2.05 bits per heavy atom. The highest BCUT2D eigenvalue weighted by Crippen LogP contribution is 2.27.